The lowest BCUT2D eigenvalue weighted by Gasteiger charge is -2.35. The van der Waals surface area contributed by atoms with Gasteiger partial charge in [0.05, 0.1) is 0 Å². The summed E-state index contributed by atoms with van der Waals surface area (Å²) in [7, 11) is 1.58. The van der Waals surface area contributed by atoms with Crippen LogP contribution >= 0.6 is 0 Å². The third-order valence-electron chi connectivity index (χ3n) is 1.43. The molecule has 1 unspecified atom stereocenters. The summed E-state index contributed by atoms with van der Waals surface area (Å²) in [6.45, 7) is 2.09. The van der Waals surface area contributed by atoms with Crippen LogP contribution in [-0.4, -0.2) is 32.0 Å². The van der Waals surface area contributed by atoms with Crippen molar-refractivity contribution in [3.63, 3.8) is 0 Å². The highest BCUT2D eigenvalue weighted by molar-refractivity contribution is 5.66. The molecule has 4 nitrogen and oxygen atoms in total. The zero-order chi connectivity index (χ0) is 7.56. The Morgan fingerprint density at radius 3 is 2.70 bits per heavy atom. The molecular weight excluding hydrogens is 134 g/mol. The van der Waals surface area contributed by atoms with Crippen LogP contribution in [-0.2, 0) is 14.3 Å². The van der Waals surface area contributed by atoms with E-state index in [1.807, 2.05) is 0 Å². The molecule has 1 fully saturated rings. The lowest BCUT2D eigenvalue weighted by molar-refractivity contribution is -0.166. The van der Waals surface area contributed by atoms with E-state index in [4.69, 9.17) is 9.47 Å². The van der Waals surface area contributed by atoms with Crippen LogP contribution in [0, 0.1) is 0 Å². The van der Waals surface area contributed by atoms with Gasteiger partial charge < -0.3 is 9.47 Å². The molecule has 4 heteroatoms. The summed E-state index contributed by atoms with van der Waals surface area (Å²) in [5, 5.41) is 2.95. The van der Waals surface area contributed by atoms with Gasteiger partial charge in [0.1, 0.15) is 6.23 Å². The number of carbonyl (C=O) groups excluding carboxylic acids is 1. The number of nitrogens with one attached hydrogen (secondary N) is 1. The highest BCUT2D eigenvalue weighted by Gasteiger charge is 2.32. The fourth-order valence-corrected chi connectivity index (χ4v) is 0.862. The van der Waals surface area contributed by atoms with Gasteiger partial charge in [0, 0.05) is 20.6 Å². The summed E-state index contributed by atoms with van der Waals surface area (Å²) in [6, 6.07) is 0. The molecule has 58 valence electrons. The van der Waals surface area contributed by atoms with Gasteiger partial charge >= 0.3 is 5.97 Å². The average molecular weight is 145 g/mol. The quantitative estimate of drug-likeness (QED) is 0.532. The Bertz CT molecular complexity index is 135. The van der Waals surface area contributed by atoms with Gasteiger partial charge in [-0.2, -0.15) is 0 Å². The van der Waals surface area contributed by atoms with Crippen LogP contribution in [0.1, 0.15) is 6.92 Å². The molecule has 0 aliphatic carbocycles. The topological polar surface area (TPSA) is 47.6 Å². The minimum atomic E-state index is -0.256. The molecule has 0 radical (unpaired) electrons. The van der Waals surface area contributed by atoms with E-state index in [0.717, 1.165) is 0 Å². The third kappa shape index (κ3) is 1.46. The van der Waals surface area contributed by atoms with Gasteiger partial charge in [-0.25, -0.2) is 0 Å². The molecule has 1 aliphatic rings. The van der Waals surface area contributed by atoms with Gasteiger partial charge in [0.25, 0.3) is 0 Å². The van der Waals surface area contributed by atoms with E-state index in [9.17, 15) is 4.79 Å². The van der Waals surface area contributed by atoms with Crippen LogP contribution in [0.3, 0.4) is 0 Å². The molecule has 0 bridgehead atoms. The van der Waals surface area contributed by atoms with E-state index in [-0.39, 0.29) is 18.3 Å². The Kier molecular flexibility index (Phi) is 2.24. The van der Waals surface area contributed by atoms with Crippen LogP contribution in [0.15, 0.2) is 0 Å². The van der Waals surface area contributed by atoms with Gasteiger partial charge in [-0.15, -0.1) is 0 Å². The molecular formula is C6H11NO3. The molecule has 0 aromatic carbocycles. The predicted octanol–water partition coefficient (Wildman–Crippen LogP) is -0.506. The van der Waals surface area contributed by atoms with Gasteiger partial charge in [-0.3, -0.25) is 10.1 Å². The number of ether oxygens (including phenoxy) is 2. The largest absolute Gasteiger partial charge is 0.457 e. The Hall–Kier alpha value is -0.610. The zero-order valence-corrected chi connectivity index (χ0v) is 6.09. The molecule has 0 spiro atoms. The molecule has 1 aliphatic heterocycles. The molecule has 2 atom stereocenters. The minimum absolute atomic E-state index is 0.0949. The summed E-state index contributed by atoms with van der Waals surface area (Å²) in [5.41, 5.74) is 0. The van der Waals surface area contributed by atoms with Crippen LogP contribution < -0.4 is 5.32 Å². The average Bonchev–Trinajstić information content (AvgIpc) is 1.82. The van der Waals surface area contributed by atoms with Crippen LogP contribution in [0.25, 0.3) is 0 Å². The number of rotatable bonds is 2. The van der Waals surface area contributed by atoms with E-state index in [1.54, 1.807) is 7.11 Å². The monoisotopic (exact) mass is 145 g/mol. The van der Waals surface area contributed by atoms with E-state index in [0.29, 0.717) is 6.54 Å². The smallest absolute Gasteiger partial charge is 0.303 e. The number of esters is 1. The molecule has 1 N–H and O–H groups in total. The van der Waals surface area contributed by atoms with Crippen molar-refractivity contribution in [3.8, 4) is 0 Å². The van der Waals surface area contributed by atoms with E-state index < -0.39 is 0 Å². The zero-order valence-electron chi connectivity index (χ0n) is 6.09. The molecule has 1 rings (SSSR count). The summed E-state index contributed by atoms with van der Waals surface area (Å²) in [5.74, 6) is -0.256. The summed E-state index contributed by atoms with van der Waals surface area (Å²) < 4.78 is 9.77. The van der Waals surface area contributed by atoms with Gasteiger partial charge in [0.2, 0.25) is 0 Å². The summed E-state index contributed by atoms with van der Waals surface area (Å²) in [4.78, 5) is 10.4. The molecule has 0 saturated carbocycles. The fourth-order valence-electron chi connectivity index (χ4n) is 0.862. The standard InChI is InChI=1S/C6H11NO3/c1-4(8)10-5-3-7-6(5)9-2/h5-7H,3H2,1-2H3/t5-,6?/m1/s1. The Labute approximate surface area is 59.5 Å². The highest BCUT2D eigenvalue weighted by atomic mass is 16.6. The normalized spacial score (nSPS) is 31.0. The lowest BCUT2D eigenvalue weighted by Crippen LogP contribution is -2.59. The van der Waals surface area contributed by atoms with Crippen molar-refractivity contribution in [1.82, 2.24) is 5.32 Å². The molecule has 0 aromatic rings. The second kappa shape index (κ2) is 2.98. The first-order valence-corrected chi connectivity index (χ1v) is 3.17. The van der Waals surface area contributed by atoms with E-state index in [2.05, 4.69) is 5.32 Å². The number of carbonyl (C=O) groups is 1. The first-order valence-electron chi connectivity index (χ1n) is 3.17. The first kappa shape index (κ1) is 7.50. The molecule has 0 amide bonds. The third-order valence-corrected chi connectivity index (χ3v) is 1.43. The van der Waals surface area contributed by atoms with Crippen molar-refractivity contribution in [2.75, 3.05) is 13.7 Å². The van der Waals surface area contributed by atoms with Gasteiger partial charge in [-0.05, 0) is 0 Å². The van der Waals surface area contributed by atoms with E-state index >= 15 is 0 Å². The number of hydrogen-bond acceptors (Lipinski definition) is 4. The van der Waals surface area contributed by atoms with Gasteiger partial charge in [0.15, 0.2) is 6.10 Å². The van der Waals surface area contributed by atoms with Crippen molar-refractivity contribution < 1.29 is 14.3 Å². The molecule has 10 heavy (non-hydrogen) atoms. The summed E-state index contributed by atoms with van der Waals surface area (Å²) in [6.07, 6.45) is -0.202. The Morgan fingerprint density at radius 2 is 2.40 bits per heavy atom. The predicted molar refractivity (Wildman–Crippen MR) is 34.4 cm³/mol. The maximum Gasteiger partial charge on any atom is 0.303 e. The SMILES string of the molecule is COC1NC[C@H]1OC(C)=O. The second-order valence-electron chi connectivity index (χ2n) is 2.21. The maximum atomic E-state index is 10.4. The van der Waals surface area contributed by atoms with Crippen molar-refractivity contribution in [2.24, 2.45) is 0 Å². The Balaban J connectivity index is 2.23. The number of hydrogen-bond donors (Lipinski definition) is 1. The molecule has 1 saturated heterocycles. The number of methoxy groups -OCH3 is 1. The van der Waals surface area contributed by atoms with Crippen LogP contribution in [0.2, 0.25) is 0 Å². The summed E-state index contributed by atoms with van der Waals surface area (Å²) >= 11 is 0. The molecule has 0 aromatic heterocycles. The maximum absolute atomic E-state index is 10.4. The van der Waals surface area contributed by atoms with Crippen LogP contribution in [0.4, 0.5) is 0 Å². The highest BCUT2D eigenvalue weighted by Crippen LogP contribution is 2.08. The molecule has 1 heterocycles. The minimum Gasteiger partial charge on any atom is -0.457 e. The van der Waals surface area contributed by atoms with Gasteiger partial charge in [-0.1, -0.05) is 0 Å². The van der Waals surface area contributed by atoms with Crippen LogP contribution in [0.5, 0.6) is 0 Å². The van der Waals surface area contributed by atoms with Crippen molar-refractivity contribution in [2.45, 2.75) is 19.3 Å². The van der Waals surface area contributed by atoms with E-state index in [1.165, 1.54) is 6.92 Å². The fraction of sp³-hybridized carbons (Fsp3) is 0.833. The Morgan fingerprint density at radius 1 is 1.70 bits per heavy atom. The van der Waals surface area contributed by atoms with Crippen molar-refractivity contribution >= 4 is 5.97 Å². The van der Waals surface area contributed by atoms with Crippen molar-refractivity contribution in [1.29, 1.82) is 0 Å². The second-order valence-corrected chi connectivity index (χ2v) is 2.21. The first-order chi connectivity index (χ1) is 4.74. The lowest BCUT2D eigenvalue weighted by atomic mass is 10.2. The van der Waals surface area contributed by atoms with Crippen molar-refractivity contribution in [3.05, 3.63) is 0 Å².